The van der Waals surface area contributed by atoms with Crippen molar-refractivity contribution >= 4 is 11.8 Å². The van der Waals surface area contributed by atoms with E-state index >= 15 is 0 Å². The van der Waals surface area contributed by atoms with E-state index in [0.717, 1.165) is 32.1 Å². The van der Waals surface area contributed by atoms with Crippen molar-refractivity contribution in [2.45, 2.75) is 58.4 Å². The lowest BCUT2D eigenvalue weighted by Crippen LogP contribution is -2.57. The number of nitrogens with two attached hydrogens (primary N) is 1. The number of carbonyl (C=O) groups excluding carboxylic acids is 2. The molecule has 0 radical (unpaired) electrons. The van der Waals surface area contributed by atoms with Crippen LogP contribution in [0.5, 0.6) is 0 Å². The highest BCUT2D eigenvalue weighted by molar-refractivity contribution is 5.84. The molecule has 0 aromatic rings. The Balaban J connectivity index is 2.09. The molecule has 0 aromatic carbocycles. The molecule has 2 saturated heterocycles. The monoisotopic (exact) mass is 295 g/mol. The SMILES string of the molecule is CCCC(CN)(CCC)C(=O)N1CCN2C(=O)CCC2C1. The number of carbonyl (C=O) groups is 2. The summed E-state index contributed by atoms with van der Waals surface area (Å²) in [5, 5.41) is 0. The smallest absolute Gasteiger partial charge is 0.230 e. The molecule has 0 bridgehead atoms. The van der Waals surface area contributed by atoms with Crippen LogP contribution in [-0.2, 0) is 9.59 Å². The van der Waals surface area contributed by atoms with E-state index in [2.05, 4.69) is 13.8 Å². The van der Waals surface area contributed by atoms with Gasteiger partial charge in [0.1, 0.15) is 0 Å². The highest BCUT2D eigenvalue weighted by atomic mass is 16.2. The van der Waals surface area contributed by atoms with Crippen molar-refractivity contribution in [1.82, 2.24) is 9.80 Å². The molecule has 0 aromatic heterocycles. The molecule has 2 fully saturated rings. The highest BCUT2D eigenvalue weighted by Crippen LogP contribution is 2.33. The van der Waals surface area contributed by atoms with Gasteiger partial charge in [0.05, 0.1) is 5.41 Å². The largest absolute Gasteiger partial charge is 0.338 e. The fourth-order valence-corrected chi connectivity index (χ4v) is 3.97. The molecule has 1 atom stereocenters. The Hall–Kier alpha value is -1.10. The van der Waals surface area contributed by atoms with E-state index in [1.165, 1.54) is 0 Å². The molecule has 2 amide bonds. The van der Waals surface area contributed by atoms with E-state index in [0.29, 0.717) is 32.6 Å². The first-order valence-corrected chi connectivity index (χ1v) is 8.37. The molecule has 5 nitrogen and oxygen atoms in total. The summed E-state index contributed by atoms with van der Waals surface area (Å²) in [6.07, 6.45) is 5.20. The molecule has 2 N–H and O–H groups in total. The van der Waals surface area contributed by atoms with Crippen molar-refractivity contribution in [3.05, 3.63) is 0 Å². The first kappa shape index (κ1) is 16.3. The summed E-state index contributed by atoms with van der Waals surface area (Å²) in [4.78, 5) is 28.7. The van der Waals surface area contributed by atoms with Gasteiger partial charge in [-0.1, -0.05) is 26.7 Å². The van der Waals surface area contributed by atoms with Crippen LogP contribution in [0.2, 0.25) is 0 Å². The Morgan fingerprint density at radius 2 is 1.95 bits per heavy atom. The summed E-state index contributed by atoms with van der Waals surface area (Å²) in [6.45, 7) is 6.70. The molecule has 2 heterocycles. The van der Waals surface area contributed by atoms with E-state index in [-0.39, 0.29) is 17.9 Å². The van der Waals surface area contributed by atoms with Gasteiger partial charge in [0.2, 0.25) is 11.8 Å². The van der Waals surface area contributed by atoms with Gasteiger partial charge in [-0.05, 0) is 19.3 Å². The van der Waals surface area contributed by atoms with E-state index in [4.69, 9.17) is 5.73 Å². The van der Waals surface area contributed by atoms with Gasteiger partial charge in [0, 0.05) is 38.6 Å². The molecule has 0 aliphatic carbocycles. The lowest BCUT2D eigenvalue weighted by molar-refractivity contribution is -0.147. The van der Waals surface area contributed by atoms with Crippen LogP contribution in [0.4, 0.5) is 0 Å². The van der Waals surface area contributed by atoms with Crippen LogP contribution < -0.4 is 5.73 Å². The zero-order valence-electron chi connectivity index (χ0n) is 13.4. The summed E-state index contributed by atoms with van der Waals surface area (Å²) >= 11 is 0. The lowest BCUT2D eigenvalue weighted by atomic mass is 9.77. The summed E-state index contributed by atoms with van der Waals surface area (Å²) in [5.74, 6) is 0.465. The second kappa shape index (κ2) is 6.77. The van der Waals surface area contributed by atoms with Gasteiger partial charge in [0.15, 0.2) is 0 Å². The standard InChI is InChI=1S/C16H29N3O2/c1-3-7-16(12-17,8-4-2)15(21)18-9-10-19-13(11-18)5-6-14(19)20/h13H,3-12,17H2,1-2H3. The number of piperazine rings is 1. The molecule has 2 aliphatic heterocycles. The van der Waals surface area contributed by atoms with E-state index in [1.54, 1.807) is 0 Å². The number of amides is 2. The van der Waals surface area contributed by atoms with Crippen LogP contribution in [0.15, 0.2) is 0 Å². The van der Waals surface area contributed by atoms with Crippen LogP contribution >= 0.6 is 0 Å². The molecule has 5 heteroatoms. The molecule has 0 saturated carbocycles. The van der Waals surface area contributed by atoms with E-state index < -0.39 is 5.41 Å². The maximum atomic E-state index is 13.0. The molecule has 21 heavy (non-hydrogen) atoms. The zero-order chi connectivity index (χ0) is 15.5. The minimum Gasteiger partial charge on any atom is -0.338 e. The third kappa shape index (κ3) is 3.07. The van der Waals surface area contributed by atoms with Gasteiger partial charge in [-0.15, -0.1) is 0 Å². The van der Waals surface area contributed by atoms with E-state index in [1.807, 2.05) is 9.80 Å². The first-order chi connectivity index (χ1) is 10.1. The minimum atomic E-state index is -0.395. The quantitative estimate of drug-likeness (QED) is 0.804. The Kier molecular flexibility index (Phi) is 5.25. The number of hydrogen-bond acceptors (Lipinski definition) is 3. The zero-order valence-corrected chi connectivity index (χ0v) is 13.4. The Morgan fingerprint density at radius 3 is 2.52 bits per heavy atom. The summed E-state index contributed by atoms with van der Waals surface area (Å²) in [7, 11) is 0. The molecular weight excluding hydrogens is 266 g/mol. The number of nitrogens with zero attached hydrogens (tertiary/aromatic N) is 2. The highest BCUT2D eigenvalue weighted by Gasteiger charge is 2.43. The maximum absolute atomic E-state index is 13.0. The third-order valence-corrected chi connectivity index (χ3v) is 5.08. The summed E-state index contributed by atoms with van der Waals surface area (Å²) in [5.41, 5.74) is 5.61. The van der Waals surface area contributed by atoms with Crippen LogP contribution in [0, 0.1) is 5.41 Å². The molecule has 1 unspecified atom stereocenters. The average molecular weight is 295 g/mol. The van der Waals surface area contributed by atoms with Crippen molar-refractivity contribution in [3.8, 4) is 0 Å². The molecule has 0 spiro atoms. The van der Waals surface area contributed by atoms with Crippen LogP contribution in [0.25, 0.3) is 0 Å². The topological polar surface area (TPSA) is 66.6 Å². The lowest BCUT2D eigenvalue weighted by Gasteiger charge is -2.42. The molecule has 120 valence electrons. The van der Waals surface area contributed by atoms with Crippen molar-refractivity contribution < 1.29 is 9.59 Å². The van der Waals surface area contributed by atoms with Crippen molar-refractivity contribution in [1.29, 1.82) is 0 Å². The van der Waals surface area contributed by atoms with Gasteiger partial charge in [-0.2, -0.15) is 0 Å². The fourth-order valence-electron chi connectivity index (χ4n) is 3.97. The van der Waals surface area contributed by atoms with Gasteiger partial charge in [0.25, 0.3) is 0 Å². The van der Waals surface area contributed by atoms with Gasteiger partial charge >= 0.3 is 0 Å². The Bertz CT molecular complexity index is 391. The van der Waals surface area contributed by atoms with Crippen molar-refractivity contribution in [2.75, 3.05) is 26.2 Å². The second-order valence-corrected chi connectivity index (χ2v) is 6.52. The molecule has 2 aliphatic rings. The van der Waals surface area contributed by atoms with Gasteiger partial charge in [-0.3, -0.25) is 9.59 Å². The first-order valence-electron chi connectivity index (χ1n) is 8.37. The Labute approximate surface area is 127 Å². The fraction of sp³-hybridized carbons (Fsp3) is 0.875. The maximum Gasteiger partial charge on any atom is 0.230 e. The summed E-state index contributed by atoms with van der Waals surface area (Å²) < 4.78 is 0. The Morgan fingerprint density at radius 1 is 1.29 bits per heavy atom. The summed E-state index contributed by atoms with van der Waals surface area (Å²) in [6, 6.07) is 0.230. The molecular formula is C16H29N3O2. The number of rotatable bonds is 6. The van der Waals surface area contributed by atoms with E-state index in [9.17, 15) is 9.59 Å². The van der Waals surface area contributed by atoms with Gasteiger partial charge in [-0.25, -0.2) is 0 Å². The number of fused-ring (bicyclic) bond motifs is 1. The average Bonchev–Trinajstić information content (AvgIpc) is 2.87. The predicted molar refractivity (Wildman–Crippen MR) is 82.6 cm³/mol. The normalized spacial score (nSPS) is 22.6. The second-order valence-electron chi connectivity index (χ2n) is 6.52. The molecule has 2 rings (SSSR count). The predicted octanol–water partition coefficient (Wildman–Crippen LogP) is 1.36. The van der Waals surface area contributed by atoms with Crippen LogP contribution in [0.1, 0.15) is 52.4 Å². The third-order valence-electron chi connectivity index (χ3n) is 5.08. The van der Waals surface area contributed by atoms with Crippen molar-refractivity contribution in [2.24, 2.45) is 11.1 Å². The van der Waals surface area contributed by atoms with Crippen LogP contribution in [0.3, 0.4) is 0 Å². The van der Waals surface area contributed by atoms with Crippen LogP contribution in [-0.4, -0.2) is 53.8 Å². The van der Waals surface area contributed by atoms with Crippen molar-refractivity contribution in [3.63, 3.8) is 0 Å². The van der Waals surface area contributed by atoms with Gasteiger partial charge < -0.3 is 15.5 Å². The number of hydrogen-bond donors (Lipinski definition) is 1. The minimum absolute atomic E-state index is 0.215.